The predicted octanol–water partition coefficient (Wildman–Crippen LogP) is 1.92. The summed E-state index contributed by atoms with van der Waals surface area (Å²) in [6.45, 7) is 4.56. The Morgan fingerprint density at radius 2 is 1.84 bits per heavy atom. The Balaban J connectivity index is 1.03. The summed E-state index contributed by atoms with van der Waals surface area (Å²) in [4.78, 5) is 28.3. The third-order valence-corrected chi connectivity index (χ3v) is 8.22. The van der Waals surface area contributed by atoms with E-state index in [0.717, 1.165) is 57.7 Å². The number of likely N-dealkylation sites (tertiary alicyclic amines) is 1. The van der Waals surface area contributed by atoms with Crippen LogP contribution in [-0.2, 0) is 20.0 Å². The number of β-amino-alcohol motifs (C(OH)–C–C–N with tert-alkyl or cyclic N) is 1. The van der Waals surface area contributed by atoms with E-state index in [1.807, 2.05) is 24.0 Å². The lowest BCUT2D eigenvalue weighted by atomic mass is 9.94. The highest BCUT2D eigenvalue weighted by atomic mass is 16.3. The molecule has 200 valence electrons. The molecule has 0 saturated carbocycles. The first kappa shape index (κ1) is 24.8. The molecule has 0 spiro atoms. The van der Waals surface area contributed by atoms with Gasteiger partial charge in [0.1, 0.15) is 17.8 Å². The number of anilines is 2. The zero-order valence-electron chi connectivity index (χ0n) is 21.9. The molecule has 1 amide bonds. The third-order valence-electron chi connectivity index (χ3n) is 8.22. The number of aliphatic hydroxyl groups is 1. The lowest BCUT2D eigenvalue weighted by Gasteiger charge is -2.43. The summed E-state index contributed by atoms with van der Waals surface area (Å²) in [5.41, 5.74) is 3.11. The van der Waals surface area contributed by atoms with E-state index in [4.69, 9.17) is 0 Å². The van der Waals surface area contributed by atoms with E-state index in [1.54, 1.807) is 11.0 Å². The van der Waals surface area contributed by atoms with Crippen LogP contribution in [0, 0.1) is 0 Å². The van der Waals surface area contributed by atoms with Gasteiger partial charge in [-0.2, -0.15) is 5.10 Å². The molecule has 10 nitrogen and oxygen atoms in total. The molecule has 2 aromatic heterocycles. The molecule has 1 aromatic carbocycles. The zero-order chi connectivity index (χ0) is 26.1. The summed E-state index contributed by atoms with van der Waals surface area (Å²) >= 11 is 0. The summed E-state index contributed by atoms with van der Waals surface area (Å²) < 4.78 is 1.83. The summed E-state index contributed by atoms with van der Waals surface area (Å²) in [6.07, 6.45) is 6.51. The molecule has 0 aliphatic carbocycles. The Morgan fingerprint density at radius 3 is 2.61 bits per heavy atom. The van der Waals surface area contributed by atoms with Crippen LogP contribution in [0.4, 0.5) is 11.6 Å². The first-order chi connectivity index (χ1) is 18.5. The van der Waals surface area contributed by atoms with E-state index in [1.165, 1.54) is 17.5 Å². The molecular formula is C28H36N8O2. The average Bonchev–Trinajstić information content (AvgIpc) is 3.39. The maximum atomic E-state index is 13.3. The van der Waals surface area contributed by atoms with Gasteiger partial charge >= 0.3 is 0 Å². The minimum absolute atomic E-state index is 0.0620. The van der Waals surface area contributed by atoms with Gasteiger partial charge in [-0.3, -0.25) is 14.4 Å². The number of aliphatic hydroxyl groups excluding tert-OH is 1. The van der Waals surface area contributed by atoms with Crippen molar-refractivity contribution in [3.63, 3.8) is 0 Å². The maximum Gasteiger partial charge on any atom is 0.272 e. The van der Waals surface area contributed by atoms with Gasteiger partial charge in [-0.05, 0) is 36.8 Å². The van der Waals surface area contributed by atoms with Crippen molar-refractivity contribution in [3.05, 3.63) is 65.7 Å². The molecule has 0 unspecified atom stereocenters. The number of aryl methyl sites for hydroxylation is 1. The Hall–Kier alpha value is -3.50. The average molecular weight is 517 g/mol. The highest BCUT2D eigenvalue weighted by molar-refractivity contribution is 5.93. The second-order valence-electron chi connectivity index (χ2n) is 10.7. The highest BCUT2D eigenvalue weighted by Gasteiger charge is 2.35. The summed E-state index contributed by atoms with van der Waals surface area (Å²) in [5, 5.41) is 19.0. The molecule has 0 bridgehead atoms. The van der Waals surface area contributed by atoms with Crippen LogP contribution >= 0.6 is 0 Å². The highest BCUT2D eigenvalue weighted by Crippen LogP contribution is 2.26. The Morgan fingerprint density at radius 1 is 1.03 bits per heavy atom. The first-order valence-corrected chi connectivity index (χ1v) is 13.6. The second-order valence-corrected chi connectivity index (χ2v) is 10.7. The number of carbonyl (C=O) groups excluding carboxylic acids is 1. The van der Waals surface area contributed by atoms with Gasteiger partial charge in [-0.25, -0.2) is 9.97 Å². The van der Waals surface area contributed by atoms with Crippen molar-refractivity contribution < 1.29 is 9.90 Å². The van der Waals surface area contributed by atoms with Crippen molar-refractivity contribution in [2.24, 2.45) is 7.05 Å². The van der Waals surface area contributed by atoms with Gasteiger partial charge in [0.05, 0.1) is 6.10 Å². The van der Waals surface area contributed by atoms with Gasteiger partial charge in [-0.1, -0.05) is 24.3 Å². The van der Waals surface area contributed by atoms with Crippen molar-refractivity contribution in [2.45, 2.75) is 50.4 Å². The van der Waals surface area contributed by atoms with Crippen LogP contribution in [0.3, 0.4) is 0 Å². The molecule has 3 aliphatic heterocycles. The number of rotatable bonds is 5. The molecular weight excluding hydrogens is 480 g/mol. The standard InChI is InChI=1S/C28H36N8O2/c1-33-11-10-27(32-33)34-13-7-22(8-14-34)31-26-16-23(29-19-30-26)28(38)36-15-9-24(25(37)18-36)35-12-6-20-4-2-3-5-21(20)17-35/h2-5,10-11,16,19,22,24-25,37H,6-9,12-15,17-18H2,1H3,(H,29,30,31)/t24-,25-/m1/s1. The number of nitrogens with one attached hydrogen (secondary N) is 1. The van der Waals surface area contributed by atoms with Gasteiger partial charge < -0.3 is 20.2 Å². The van der Waals surface area contributed by atoms with Crippen molar-refractivity contribution >= 4 is 17.5 Å². The predicted molar refractivity (Wildman–Crippen MR) is 145 cm³/mol. The number of hydrogen-bond acceptors (Lipinski definition) is 8. The van der Waals surface area contributed by atoms with Gasteiger partial charge in [-0.15, -0.1) is 0 Å². The Labute approximate surface area is 223 Å². The zero-order valence-corrected chi connectivity index (χ0v) is 21.9. The van der Waals surface area contributed by atoms with Crippen LogP contribution in [0.1, 0.15) is 40.9 Å². The van der Waals surface area contributed by atoms with Gasteiger partial charge in [0, 0.05) is 76.7 Å². The molecule has 2 saturated heterocycles. The number of benzene rings is 1. The molecule has 5 heterocycles. The summed E-state index contributed by atoms with van der Waals surface area (Å²) in [6, 6.07) is 12.7. The topological polar surface area (TPSA) is 103 Å². The fourth-order valence-electron chi connectivity index (χ4n) is 6.08. The smallest absolute Gasteiger partial charge is 0.272 e. The SMILES string of the molecule is Cn1ccc(N2CCC(Nc3cc(C(=O)N4CC[C@@H](N5CCc6ccccc6C5)[C@H](O)C4)ncn3)CC2)n1. The number of hydrogen-bond donors (Lipinski definition) is 2. The maximum absolute atomic E-state index is 13.3. The number of carbonyl (C=O) groups is 1. The van der Waals surface area contributed by atoms with Crippen LogP contribution in [0.15, 0.2) is 48.9 Å². The molecule has 2 fully saturated rings. The van der Waals surface area contributed by atoms with E-state index in [-0.39, 0.29) is 18.0 Å². The first-order valence-electron chi connectivity index (χ1n) is 13.6. The second kappa shape index (κ2) is 10.7. The van der Waals surface area contributed by atoms with Gasteiger partial charge in [0.25, 0.3) is 5.91 Å². The summed E-state index contributed by atoms with van der Waals surface area (Å²) in [5.74, 6) is 1.53. The monoisotopic (exact) mass is 516 g/mol. The third kappa shape index (κ3) is 5.23. The fourth-order valence-corrected chi connectivity index (χ4v) is 6.08. The van der Waals surface area contributed by atoms with E-state index in [0.29, 0.717) is 24.6 Å². The molecule has 3 aromatic rings. The molecule has 3 aliphatic rings. The van der Waals surface area contributed by atoms with Crippen LogP contribution < -0.4 is 10.2 Å². The van der Waals surface area contributed by atoms with Crippen molar-refractivity contribution in [2.75, 3.05) is 42.9 Å². The quantitative estimate of drug-likeness (QED) is 0.531. The van der Waals surface area contributed by atoms with Crippen LogP contribution in [0.5, 0.6) is 0 Å². The molecule has 10 heteroatoms. The van der Waals surface area contributed by atoms with E-state index in [9.17, 15) is 9.90 Å². The van der Waals surface area contributed by atoms with Crippen LogP contribution in [0.2, 0.25) is 0 Å². The van der Waals surface area contributed by atoms with E-state index >= 15 is 0 Å². The number of aromatic nitrogens is 4. The Kier molecular flexibility index (Phi) is 6.99. The van der Waals surface area contributed by atoms with Crippen molar-refractivity contribution in [1.29, 1.82) is 0 Å². The number of piperidine rings is 2. The van der Waals surface area contributed by atoms with Gasteiger partial charge in [0.15, 0.2) is 5.82 Å². The van der Waals surface area contributed by atoms with Crippen LogP contribution in [-0.4, -0.2) is 91.5 Å². The van der Waals surface area contributed by atoms with Gasteiger partial charge in [0.2, 0.25) is 0 Å². The molecule has 6 rings (SSSR count). The van der Waals surface area contributed by atoms with Crippen LogP contribution in [0.25, 0.3) is 0 Å². The normalized spacial score (nSPS) is 22.8. The molecule has 2 N–H and O–H groups in total. The number of fused-ring (bicyclic) bond motifs is 1. The van der Waals surface area contributed by atoms with E-state index in [2.05, 4.69) is 54.4 Å². The van der Waals surface area contributed by atoms with Crippen molar-refractivity contribution in [3.8, 4) is 0 Å². The Bertz CT molecular complexity index is 1270. The largest absolute Gasteiger partial charge is 0.390 e. The molecule has 0 radical (unpaired) electrons. The number of amides is 1. The lowest BCUT2D eigenvalue weighted by Crippen LogP contribution is -2.56. The van der Waals surface area contributed by atoms with Crippen molar-refractivity contribution in [1.82, 2.24) is 29.5 Å². The lowest BCUT2D eigenvalue weighted by molar-refractivity contribution is -0.0139. The molecule has 2 atom stereocenters. The summed E-state index contributed by atoms with van der Waals surface area (Å²) in [7, 11) is 1.93. The minimum Gasteiger partial charge on any atom is -0.390 e. The fraction of sp³-hybridized carbons (Fsp3) is 0.500. The number of nitrogens with zero attached hydrogens (tertiary/aromatic N) is 7. The van der Waals surface area contributed by atoms with E-state index < -0.39 is 6.10 Å². The minimum atomic E-state index is -0.582. The molecule has 38 heavy (non-hydrogen) atoms.